The second-order valence-corrected chi connectivity index (χ2v) is 6.47. The van der Waals surface area contributed by atoms with Crippen LogP contribution in [-0.4, -0.2) is 17.5 Å². The molecule has 0 aliphatic heterocycles. The molecule has 0 saturated carbocycles. The van der Waals surface area contributed by atoms with E-state index in [9.17, 15) is 14.4 Å². The molecule has 0 radical (unpaired) electrons. The molecule has 0 fully saturated rings. The molecule has 0 spiro atoms. The van der Waals surface area contributed by atoms with E-state index in [4.69, 9.17) is 4.74 Å². The van der Waals surface area contributed by atoms with Crippen LogP contribution in [0.5, 0.6) is 5.75 Å². The second kappa shape index (κ2) is 7.45. The van der Waals surface area contributed by atoms with Crippen molar-refractivity contribution in [2.75, 3.05) is 0 Å². The Labute approximate surface area is 162 Å². The number of allylic oxidation sites excluding steroid dienone is 1. The Hall–Kier alpha value is -3.79. The van der Waals surface area contributed by atoms with Crippen molar-refractivity contribution in [1.82, 2.24) is 0 Å². The molecule has 1 aliphatic carbocycles. The molecule has 0 saturated heterocycles. The highest BCUT2D eigenvalue weighted by Crippen LogP contribution is 2.28. The van der Waals surface area contributed by atoms with Crippen LogP contribution in [0.25, 0.3) is 6.08 Å². The number of hydrogen-bond acceptors (Lipinski definition) is 4. The smallest absolute Gasteiger partial charge is 0.315 e. The number of rotatable bonds is 4. The molecule has 3 aromatic carbocycles. The molecule has 0 unspecified atom stereocenters. The van der Waals surface area contributed by atoms with Gasteiger partial charge in [0.2, 0.25) is 0 Å². The molecule has 0 bridgehead atoms. The van der Waals surface area contributed by atoms with Gasteiger partial charge in [-0.25, -0.2) is 0 Å². The predicted octanol–water partition coefficient (Wildman–Crippen LogP) is 4.30. The first-order valence-corrected chi connectivity index (χ1v) is 8.86. The van der Waals surface area contributed by atoms with Crippen molar-refractivity contribution in [3.8, 4) is 5.75 Å². The maximum Gasteiger partial charge on any atom is 0.315 e. The van der Waals surface area contributed by atoms with Crippen molar-refractivity contribution in [2.24, 2.45) is 0 Å². The van der Waals surface area contributed by atoms with Crippen molar-refractivity contribution in [3.63, 3.8) is 0 Å². The molecule has 1 aliphatic rings. The summed E-state index contributed by atoms with van der Waals surface area (Å²) < 4.78 is 5.34. The zero-order chi connectivity index (χ0) is 19.5. The van der Waals surface area contributed by atoms with E-state index in [0.29, 0.717) is 22.4 Å². The fourth-order valence-electron chi connectivity index (χ4n) is 3.13. The fourth-order valence-corrected chi connectivity index (χ4v) is 3.13. The molecular formula is C24H16O4. The van der Waals surface area contributed by atoms with Gasteiger partial charge in [0.15, 0.2) is 11.6 Å². The van der Waals surface area contributed by atoms with Crippen molar-refractivity contribution in [1.29, 1.82) is 0 Å². The standard InChI is InChI=1S/C24H16O4/c25-22(15-16-6-2-1-3-7-16)28-18-12-10-17(11-13-18)14-21-23(26)19-8-4-5-9-20(19)24(21)27/h1-14H,15H2. The monoisotopic (exact) mass is 368 g/mol. The summed E-state index contributed by atoms with van der Waals surface area (Å²) in [7, 11) is 0. The van der Waals surface area contributed by atoms with E-state index in [2.05, 4.69) is 0 Å². The third-order valence-corrected chi connectivity index (χ3v) is 4.52. The number of carbonyl (C=O) groups is 3. The van der Waals surface area contributed by atoms with Crippen LogP contribution >= 0.6 is 0 Å². The number of ether oxygens (including phenoxy) is 1. The summed E-state index contributed by atoms with van der Waals surface area (Å²) in [6.07, 6.45) is 1.76. The molecule has 4 heteroatoms. The Morgan fingerprint density at radius 3 is 1.93 bits per heavy atom. The van der Waals surface area contributed by atoms with Crippen LogP contribution in [0.1, 0.15) is 31.8 Å². The summed E-state index contributed by atoms with van der Waals surface area (Å²) in [5.41, 5.74) is 2.59. The first-order valence-electron chi connectivity index (χ1n) is 8.86. The number of esters is 1. The van der Waals surface area contributed by atoms with E-state index in [1.807, 2.05) is 30.3 Å². The summed E-state index contributed by atoms with van der Waals surface area (Å²) in [6.45, 7) is 0. The van der Waals surface area contributed by atoms with Crippen LogP contribution in [-0.2, 0) is 11.2 Å². The van der Waals surface area contributed by atoms with Crippen LogP contribution in [0.2, 0.25) is 0 Å². The molecule has 0 N–H and O–H groups in total. The Balaban J connectivity index is 1.47. The molecule has 4 rings (SSSR count). The van der Waals surface area contributed by atoms with Crippen LogP contribution in [0.4, 0.5) is 0 Å². The van der Waals surface area contributed by atoms with E-state index in [1.54, 1.807) is 54.6 Å². The minimum Gasteiger partial charge on any atom is -0.426 e. The van der Waals surface area contributed by atoms with E-state index in [-0.39, 0.29) is 29.5 Å². The minimum atomic E-state index is -0.353. The van der Waals surface area contributed by atoms with Crippen molar-refractivity contribution in [2.45, 2.75) is 6.42 Å². The normalized spacial score (nSPS) is 12.6. The zero-order valence-electron chi connectivity index (χ0n) is 14.9. The number of carbonyl (C=O) groups excluding carboxylic acids is 3. The molecule has 0 amide bonds. The lowest BCUT2D eigenvalue weighted by atomic mass is 10.1. The zero-order valence-corrected chi connectivity index (χ0v) is 14.9. The van der Waals surface area contributed by atoms with E-state index in [1.165, 1.54) is 0 Å². The summed E-state index contributed by atoms with van der Waals surface area (Å²) in [5.74, 6) is -0.470. The van der Waals surface area contributed by atoms with Gasteiger partial charge in [0.05, 0.1) is 12.0 Å². The Bertz CT molecular complexity index is 1060. The molecule has 28 heavy (non-hydrogen) atoms. The molecular weight excluding hydrogens is 352 g/mol. The van der Waals surface area contributed by atoms with E-state index >= 15 is 0 Å². The third-order valence-electron chi connectivity index (χ3n) is 4.52. The lowest BCUT2D eigenvalue weighted by Gasteiger charge is -2.05. The van der Waals surface area contributed by atoms with Gasteiger partial charge in [0.1, 0.15) is 5.75 Å². The first-order chi connectivity index (χ1) is 13.6. The van der Waals surface area contributed by atoms with Crippen molar-refractivity contribution < 1.29 is 19.1 Å². The van der Waals surface area contributed by atoms with Crippen LogP contribution in [0.3, 0.4) is 0 Å². The number of benzene rings is 3. The van der Waals surface area contributed by atoms with Crippen LogP contribution in [0, 0.1) is 0 Å². The predicted molar refractivity (Wildman–Crippen MR) is 105 cm³/mol. The number of hydrogen-bond donors (Lipinski definition) is 0. The highest BCUT2D eigenvalue weighted by Gasteiger charge is 2.32. The minimum absolute atomic E-state index is 0.148. The quantitative estimate of drug-likeness (QED) is 0.298. The Kier molecular flexibility index (Phi) is 4.68. The average molecular weight is 368 g/mol. The van der Waals surface area contributed by atoms with Gasteiger partial charge < -0.3 is 4.74 Å². The SMILES string of the molecule is O=C(Cc1ccccc1)Oc1ccc(C=C2C(=O)c3ccccc3C2=O)cc1. The average Bonchev–Trinajstić information content (AvgIpc) is 2.95. The topological polar surface area (TPSA) is 60.4 Å². The highest BCUT2D eigenvalue weighted by molar-refractivity contribution is 6.41. The summed E-state index contributed by atoms with van der Waals surface area (Å²) in [5, 5.41) is 0. The molecule has 0 heterocycles. The second-order valence-electron chi connectivity index (χ2n) is 6.47. The van der Waals surface area contributed by atoms with Crippen molar-refractivity contribution in [3.05, 3.63) is 107 Å². The van der Waals surface area contributed by atoms with Gasteiger partial charge in [-0.1, -0.05) is 66.7 Å². The van der Waals surface area contributed by atoms with Gasteiger partial charge in [0.25, 0.3) is 0 Å². The molecule has 4 nitrogen and oxygen atoms in total. The van der Waals surface area contributed by atoms with Gasteiger partial charge in [-0.3, -0.25) is 14.4 Å². The van der Waals surface area contributed by atoms with Crippen LogP contribution < -0.4 is 4.74 Å². The Morgan fingerprint density at radius 1 is 0.750 bits per heavy atom. The van der Waals surface area contributed by atoms with Gasteiger partial charge >= 0.3 is 5.97 Å². The highest BCUT2D eigenvalue weighted by atomic mass is 16.5. The largest absolute Gasteiger partial charge is 0.426 e. The summed E-state index contributed by atoms with van der Waals surface area (Å²) in [6, 6.07) is 22.9. The third kappa shape index (κ3) is 3.53. The lowest BCUT2D eigenvalue weighted by Crippen LogP contribution is -2.11. The molecule has 3 aromatic rings. The number of Topliss-reactive ketones (excluding diaryl/α,β-unsaturated/α-hetero) is 2. The first kappa shape index (κ1) is 17.6. The molecule has 136 valence electrons. The maximum atomic E-state index is 12.4. The fraction of sp³-hybridized carbons (Fsp3) is 0.0417. The maximum absolute atomic E-state index is 12.4. The van der Waals surface area contributed by atoms with Crippen LogP contribution in [0.15, 0.2) is 84.4 Å². The van der Waals surface area contributed by atoms with E-state index < -0.39 is 0 Å². The number of ketones is 2. The van der Waals surface area contributed by atoms with Gasteiger partial charge in [-0.2, -0.15) is 0 Å². The number of fused-ring (bicyclic) bond motifs is 1. The summed E-state index contributed by atoms with van der Waals surface area (Å²) in [4.78, 5) is 36.9. The van der Waals surface area contributed by atoms with Gasteiger partial charge in [0, 0.05) is 11.1 Å². The van der Waals surface area contributed by atoms with Crippen molar-refractivity contribution >= 4 is 23.6 Å². The van der Waals surface area contributed by atoms with Gasteiger partial charge in [-0.15, -0.1) is 0 Å². The molecule has 0 aromatic heterocycles. The Morgan fingerprint density at radius 2 is 1.32 bits per heavy atom. The summed E-state index contributed by atoms with van der Waals surface area (Å²) >= 11 is 0. The molecule has 0 atom stereocenters. The van der Waals surface area contributed by atoms with Gasteiger partial charge in [-0.05, 0) is 29.3 Å². The lowest BCUT2D eigenvalue weighted by molar-refractivity contribution is -0.133. The van der Waals surface area contributed by atoms with E-state index in [0.717, 1.165) is 5.56 Å².